The number of nitrogens with zero attached hydrogens (tertiary/aromatic N) is 2. The van der Waals surface area contributed by atoms with Crippen molar-refractivity contribution in [1.29, 1.82) is 5.53 Å². The molecule has 7 heteroatoms. The predicted octanol–water partition coefficient (Wildman–Crippen LogP) is 5.32. The molecular formula is C22H23N5O2. The number of nitrogens with one attached hydrogen (secondary N) is 3. The maximum absolute atomic E-state index is 11.7. The highest BCUT2D eigenvalue weighted by Gasteiger charge is 2.11. The molecule has 2 amide bonds. The Kier molecular flexibility index (Phi) is 6.19. The van der Waals surface area contributed by atoms with Crippen LogP contribution in [0.25, 0.3) is 11.1 Å². The molecule has 0 aliphatic rings. The van der Waals surface area contributed by atoms with Gasteiger partial charge in [0, 0.05) is 28.7 Å². The molecule has 0 bridgehead atoms. The molecule has 0 aliphatic heterocycles. The Morgan fingerprint density at radius 3 is 2.55 bits per heavy atom. The first-order valence-electron chi connectivity index (χ1n) is 9.16. The monoisotopic (exact) mass is 389 g/mol. The second-order valence-electron chi connectivity index (χ2n) is 6.74. The van der Waals surface area contributed by atoms with Gasteiger partial charge in [0.1, 0.15) is 12.4 Å². The summed E-state index contributed by atoms with van der Waals surface area (Å²) in [6.45, 7) is 6.22. The van der Waals surface area contributed by atoms with Crippen LogP contribution in [0.15, 0.2) is 60.0 Å². The smallest absolute Gasteiger partial charge is 0.340 e. The molecule has 3 aromatic rings. The molecule has 148 valence electrons. The molecule has 7 nitrogen and oxygen atoms in total. The van der Waals surface area contributed by atoms with E-state index in [9.17, 15) is 4.79 Å². The van der Waals surface area contributed by atoms with Crippen LogP contribution in [0.2, 0.25) is 0 Å². The van der Waals surface area contributed by atoms with E-state index in [1.807, 2.05) is 62.7 Å². The molecule has 0 atom stereocenters. The predicted molar refractivity (Wildman–Crippen MR) is 112 cm³/mol. The third-order valence-corrected chi connectivity index (χ3v) is 4.61. The average molecular weight is 389 g/mol. The van der Waals surface area contributed by atoms with Gasteiger partial charge in [-0.1, -0.05) is 29.5 Å². The molecule has 3 rings (SSSR count). The third-order valence-electron chi connectivity index (χ3n) is 4.61. The van der Waals surface area contributed by atoms with Crippen LogP contribution in [0.5, 0.6) is 5.75 Å². The van der Waals surface area contributed by atoms with Gasteiger partial charge >= 0.3 is 6.03 Å². The molecule has 0 aliphatic carbocycles. The molecule has 0 radical (unpaired) electrons. The van der Waals surface area contributed by atoms with Crippen molar-refractivity contribution in [3.05, 3.63) is 77.1 Å². The normalized spacial score (nSPS) is 10.3. The Morgan fingerprint density at radius 1 is 1.07 bits per heavy atom. The lowest BCUT2D eigenvalue weighted by atomic mass is 10.0. The zero-order valence-electron chi connectivity index (χ0n) is 16.6. The Balaban J connectivity index is 1.77. The Bertz CT molecular complexity index is 1030. The fourth-order valence-electron chi connectivity index (χ4n) is 2.99. The summed E-state index contributed by atoms with van der Waals surface area (Å²) < 4.78 is 6.05. The van der Waals surface area contributed by atoms with E-state index >= 15 is 0 Å². The van der Waals surface area contributed by atoms with Crippen LogP contribution < -0.4 is 15.5 Å². The van der Waals surface area contributed by atoms with Crippen LogP contribution in [0, 0.1) is 26.3 Å². The van der Waals surface area contributed by atoms with Gasteiger partial charge in [-0.2, -0.15) is 5.53 Å². The van der Waals surface area contributed by atoms with Crippen LogP contribution >= 0.6 is 0 Å². The third kappa shape index (κ3) is 4.95. The lowest BCUT2D eigenvalue weighted by Gasteiger charge is -2.16. The topological polar surface area (TPSA) is 99.5 Å². The summed E-state index contributed by atoms with van der Waals surface area (Å²) in [6, 6.07) is 15.1. The molecule has 2 aromatic carbocycles. The van der Waals surface area contributed by atoms with E-state index in [0.717, 1.165) is 39.3 Å². The van der Waals surface area contributed by atoms with E-state index in [1.165, 1.54) is 0 Å². The minimum atomic E-state index is -0.570. The second kappa shape index (κ2) is 8.97. The van der Waals surface area contributed by atoms with Crippen LogP contribution in [0.3, 0.4) is 0 Å². The van der Waals surface area contributed by atoms with Gasteiger partial charge in [-0.25, -0.2) is 10.2 Å². The van der Waals surface area contributed by atoms with Gasteiger partial charge in [-0.05, 0) is 61.7 Å². The van der Waals surface area contributed by atoms with Gasteiger partial charge in [-0.3, -0.25) is 4.98 Å². The number of aryl methyl sites for hydroxylation is 3. The summed E-state index contributed by atoms with van der Waals surface area (Å²) in [6.07, 6.45) is 1.87. The molecule has 0 saturated carbocycles. The first-order valence-corrected chi connectivity index (χ1v) is 9.16. The highest BCUT2D eigenvalue weighted by molar-refractivity contribution is 5.90. The number of amides is 2. The number of urea groups is 1. The highest BCUT2D eigenvalue weighted by Crippen LogP contribution is 2.28. The van der Waals surface area contributed by atoms with Crippen LogP contribution in [0.4, 0.5) is 10.5 Å². The number of aromatic nitrogens is 1. The van der Waals surface area contributed by atoms with E-state index < -0.39 is 6.03 Å². The van der Waals surface area contributed by atoms with Crippen molar-refractivity contribution in [1.82, 2.24) is 10.4 Å². The fourth-order valence-corrected chi connectivity index (χ4v) is 2.99. The summed E-state index contributed by atoms with van der Waals surface area (Å²) in [5.74, 6) is 0.772. The molecule has 0 unspecified atom stereocenters. The molecule has 0 fully saturated rings. The maximum atomic E-state index is 11.7. The number of carbonyl (C=O) groups excluding carboxylic acids is 1. The minimum Gasteiger partial charge on any atom is -0.489 e. The van der Waals surface area contributed by atoms with Crippen molar-refractivity contribution in [3.8, 4) is 16.9 Å². The molecule has 0 spiro atoms. The number of carbonyl (C=O) groups is 1. The zero-order chi connectivity index (χ0) is 20.8. The van der Waals surface area contributed by atoms with Crippen molar-refractivity contribution < 1.29 is 9.53 Å². The van der Waals surface area contributed by atoms with E-state index in [0.29, 0.717) is 12.3 Å². The number of rotatable bonds is 6. The van der Waals surface area contributed by atoms with Crippen LogP contribution in [-0.4, -0.2) is 11.0 Å². The number of hydrogen-bond donors (Lipinski definition) is 3. The van der Waals surface area contributed by atoms with E-state index in [2.05, 4.69) is 27.7 Å². The van der Waals surface area contributed by atoms with Crippen LogP contribution in [0.1, 0.15) is 22.4 Å². The SMILES string of the molecule is Cc1ccc(-c2ccc(OCc3c(C)cccc3NC(=O)NN=N)c(C)c2)cn1. The standard InChI is InChI=1S/C22H23N5O2/c1-14-5-4-6-20(25-22(28)26-27-23)19(14)13-29-21-10-9-17(11-15(21)2)18-8-7-16(3)24-12-18/h4-12H,13H2,1-3H3,(H3,23,25,26,28). The lowest BCUT2D eigenvalue weighted by molar-refractivity contribution is 0.251. The molecule has 3 N–H and O–H groups in total. The zero-order valence-corrected chi connectivity index (χ0v) is 16.6. The van der Waals surface area contributed by atoms with Crippen molar-refractivity contribution in [2.75, 3.05) is 5.32 Å². The van der Waals surface area contributed by atoms with Crippen molar-refractivity contribution >= 4 is 11.7 Å². The van der Waals surface area contributed by atoms with Crippen LogP contribution in [-0.2, 0) is 6.61 Å². The van der Waals surface area contributed by atoms with Gasteiger partial charge in [0.05, 0.1) is 0 Å². The van der Waals surface area contributed by atoms with E-state index in [-0.39, 0.29) is 0 Å². The first kappa shape index (κ1) is 20.0. The number of ether oxygens (including phenoxy) is 1. The minimum absolute atomic E-state index is 0.298. The highest BCUT2D eigenvalue weighted by atomic mass is 16.5. The molecule has 1 aromatic heterocycles. The summed E-state index contributed by atoms with van der Waals surface area (Å²) in [7, 11) is 0. The second-order valence-corrected chi connectivity index (χ2v) is 6.74. The number of anilines is 1. The number of benzene rings is 2. The number of pyridine rings is 1. The summed E-state index contributed by atoms with van der Waals surface area (Å²) in [5.41, 5.74) is 15.4. The quantitative estimate of drug-likeness (QED) is 0.393. The molecule has 29 heavy (non-hydrogen) atoms. The van der Waals surface area contributed by atoms with E-state index in [1.54, 1.807) is 6.07 Å². The Labute approximate surface area is 169 Å². The lowest BCUT2D eigenvalue weighted by Crippen LogP contribution is -2.24. The Hall–Kier alpha value is -3.74. The van der Waals surface area contributed by atoms with Crippen molar-refractivity contribution in [3.63, 3.8) is 0 Å². The summed E-state index contributed by atoms with van der Waals surface area (Å²) >= 11 is 0. The first-order chi connectivity index (χ1) is 14.0. The van der Waals surface area contributed by atoms with Gasteiger partial charge in [0.15, 0.2) is 0 Å². The van der Waals surface area contributed by atoms with Gasteiger partial charge < -0.3 is 10.1 Å². The maximum Gasteiger partial charge on any atom is 0.340 e. The molecule has 0 saturated heterocycles. The van der Waals surface area contributed by atoms with Crippen molar-refractivity contribution in [2.24, 2.45) is 5.22 Å². The summed E-state index contributed by atoms with van der Waals surface area (Å²) in [4.78, 5) is 16.1. The Morgan fingerprint density at radius 2 is 1.86 bits per heavy atom. The summed E-state index contributed by atoms with van der Waals surface area (Å²) in [5, 5.41) is 5.57. The average Bonchev–Trinajstić information content (AvgIpc) is 2.69. The molecular weight excluding hydrogens is 366 g/mol. The van der Waals surface area contributed by atoms with Gasteiger partial charge in [-0.15, -0.1) is 0 Å². The van der Waals surface area contributed by atoms with Gasteiger partial charge in [0.25, 0.3) is 0 Å². The number of hydrogen-bond acceptors (Lipinski definition) is 5. The van der Waals surface area contributed by atoms with Crippen molar-refractivity contribution in [2.45, 2.75) is 27.4 Å². The fraction of sp³-hybridized carbons (Fsp3) is 0.182. The largest absolute Gasteiger partial charge is 0.489 e. The van der Waals surface area contributed by atoms with Gasteiger partial charge in [0.2, 0.25) is 0 Å². The molecule has 1 heterocycles. The van der Waals surface area contributed by atoms with E-state index in [4.69, 9.17) is 10.3 Å².